The zero-order valence-corrected chi connectivity index (χ0v) is 20.3. The molecule has 0 spiro atoms. The van der Waals surface area contributed by atoms with Crippen LogP contribution in [0.15, 0.2) is 48.5 Å². The quantitative estimate of drug-likeness (QED) is 0.418. The van der Waals surface area contributed by atoms with Crippen molar-refractivity contribution in [3.8, 4) is 0 Å². The van der Waals surface area contributed by atoms with Gasteiger partial charge in [-0.25, -0.2) is 0 Å². The van der Waals surface area contributed by atoms with Gasteiger partial charge in [0.1, 0.15) is 0 Å². The summed E-state index contributed by atoms with van der Waals surface area (Å²) in [5.74, 6) is 0.105. The molecule has 0 radical (unpaired) electrons. The minimum absolute atomic E-state index is 0.105. The lowest BCUT2D eigenvalue weighted by atomic mass is 9.73. The lowest BCUT2D eigenvalue weighted by molar-refractivity contribution is -0.143. The van der Waals surface area contributed by atoms with Crippen molar-refractivity contribution in [2.75, 3.05) is 46.9 Å². The third-order valence-corrected chi connectivity index (χ3v) is 6.39. The first-order valence-electron chi connectivity index (χ1n) is 11.6. The summed E-state index contributed by atoms with van der Waals surface area (Å²) in [5, 5.41) is 0. The average molecular weight is 517 g/mol. The molecule has 10 heteroatoms. The SMILES string of the molecule is CN(C)CC(=O)CN1CCC(COCc2cc(C(F)(F)F)cc(C(F)(F)F)c2)(c2ccccc2)CC1. The molecule has 4 nitrogen and oxygen atoms in total. The number of piperidine rings is 1. The maximum atomic E-state index is 13.2. The molecule has 1 fully saturated rings. The molecule has 2 aromatic rings. The summed E-state index contributed by atoms with van der Waals surface area (Å²) >= 11 is 0. The number of benzene rings is 2. The fraction of sp³-hybridized carbons (Fsp3) is 0.500. The van der Waals surface area contributed by atoms with Crippen LogP contribution in [0.2, 0.25) is 0 Å². The number of hydrogen-bond acceptors (Lipinski definition) is 4. The zero-order chi connectivity index (χ0) is 26.6. The van der Waals surface area contributed by atoms with Crippen LogP contribution in [-0.4, -0.2) is 62.5 Å². The van der Waals surface area contributed by atoms with Crippen LogP contribution in [-0.2, 0) is 33.9 Å². The molecule has 36 heavy (non-hydrogen) atoms. The van der Waals surface area contributed by atoms with E-state index in [2.05, 4.69) is 4.90 Å². The molecular weight excluding hydrogens is 486 g/mol. The van der Waals surface area contributed by atoms with Gasteiger partial charge in [-0.15, -0.1) is 0 Å². The summed E-state index contributed by atoms with van der Waals surface area (Å²) in [6, 6.07) is 11.0. The number of halogens is 6. The highest BCUT2D eigenvalue weighted by atomic mass is 19.4. The molecule has 0 aliphatic carbocycles. The van der Waals surface area contributed by atoms with Crippen molar-refractivity contribution >= 4 is 5.78 Å². The summed E-state index contributed by atoms with van der Waals surface area (Å²) in [4.78, 5) is 16.1. The van der Waals surface area contributed by atoms with Gasteiger partial charge >= 0.3 is 12.4 Å². The second kappa shape index (κ2) is 11.3. The van der Waals surface area contributed by atoms with Crippen molar-refractivity contribution in [1.82, 2.24) is 9.80 Å². The molecule has 198 valence electrons. The Hall–Kier alpha value is -2.43. The monoisotopic (exact) mass is 516 g/mol. The van der Waals surface area contributed by atoms with Crippen LogP contribution in [0.3, 0.4) is 0 Å². The highest BCUT2D eigenvalue weighted by Crippen LogP contribution is 2.38. The zero-order valence-electron chi connectivity index (χ0n) is 20.3. The van der Waals surface area contributed by atoms with Gasteiger partial charge in [0, 0.05) is 5.41 Å². The third kappa shape index (κ3) is 7.54. The molecule has 0 amide bonds. The van der Waals surface area contributed by atoms with Gasteiger partial charge in [-0.3, -0.25) is 9.69 Å². The van der Waals surface area contributed by atoms with Gasteiger partial charge in [0.15, 0.2) is 5.78 Å². The molecular formula is C26H30F6N2O2. The van der Waals surface area contributed by atoms with Crippen LogP contribution in [0.4, 0.5) is 26.3 Å². The predicted molar refractivity (Wildman–Crippen MR) is 123 cm³/mol. The number of Topliss-reactive ketones (excluding diaryl/α,β-unsaturated/α-hetero) is 1. The molecule has 0 atom stereocenters. The molecule has 2 aromatic carbocycles. The number of ether oxygens (including phenoxy) is 1. The number of ketones is 1. The topological polar surface area (TPSA) is 32.8 Å². The normalized spacial score (nSPS) is 16.9. The molecule has 0 unspecified atom stereocenters. The van der Waals surface area contributed by atoms with E-state index in [9.17, 15) is 31.1 Å². The number of likely N-dealkylation sites (N-methyl/N-ethyl adjacent to an activating group) is 1. The van der Waals surface area contributed by atoms with E-state index in [1.807, 2.05) is 49.3 Å². The Morgan fingerprint density at radius 3 is 2.00 bits per heavy atom. The summed E-state index contributed by atoms with van der Waals surface area (Å²) < 4.78 is 84.9. The lowest BCUT2D eigenvalue weighted by Gasteiger charge is -2.42. The predicted octanol–water partition coefficient (Wildman–Crippen LogP) is 5.41. The number of nitrogens with zero attached hydrogens (tertiary/aromatic N) is 2. The molecule has 3 rings (SSSR count). The molecule has 1 aliphatic rings. The number of hydrogen-bond donors (Lipinski definition) is 0. The summed E-state index contributed by atoms with van der Waals surface area (Å²) in [6.07, 6.45) is -8.53. The molecule has 0 saturated carbocycles. The second-order valence-electron chi connectivity index (χ2n) is 9.61. The van der Waals surface area contributed by atoms with Crippen molar-refractivity contribution in [2.24, 2.45) is 0 Å². The van der Waals surface area contributed by atoms with Gasteiger partial charge in [0.05, 0.1) is 37.4 Å². The number of carbonyl (C=O) groups excluding carboxylic acids is 1. The maximum Gasteiger partial charge on any atom is 0.416 e. The number of carbonyl (C=O) groups is 1. The van der Waals surface area contributed by atoms with E-state index in [-0.39, 0.29) is 30.6 Å². The molecule has 1 aliphatic heterocycles. The first-order valence-corrected chi connectivity index (χ1v) is 11.6. The van der Waals surface area contributed by atoms with E-state index in [4.69, 9.17) is 4.74 Å². The molecule has 0 aromatic heterocycles. The first kappa shape index (κ1) is 28.1. The molecule has 0 bridgehead atoms. The standard InChI is InChI=1S/C26H30F6N2O2/c1-33(2)15-23(35)16-34-10-8-24(9-11-34,20-6-4-3-5-7-20)18-36-17-19-12-21(25(27,28)29)14-22(13-19)26(30,31)32/h3-7,12-14H,8-11,15-18H2,1-2H3. The summed E-state index contributed by atoms with van der Waals surface area (Å²) in [7, 11) is 3.65. The van der Waals surface area contributed by atoms with Crippen molar-refractivity contribution < 1.29 is 35.9 Å². The summed E-state index contributed by atoms with van der Waals surface area (Å²) in [5.41, 5.74) is -2.37. The molecule has 1 heterocycles. The van der Waals surface area contributed by atoms with Gasteiger partial charge in [0.25, 0.3) is 0 Å². The van der Waals surface area contributed by atoms with Crippen LogP contribution >= 0.6 is 0 Å². The van der Waals surface area contributed by atoms with Crippen LogP contribution in [0.25, 0.3) is 0 Å². The Balaban J connectivity index is 1.73. The smallest absolute Gasteiger partial charge is 0.376 e. The van der Waals surface area contributed by atoms with E-state index in [1.165, 1.54) is 0 Å². The van der Waals surface area contributed by atoms with Crippen molar-refractivity contribution in [1.29, 1.82) is 0 Å². The summed E-state index contributed by atoms with van der Waals surface area (Å²) in [6.45, 7) is 1.67. The first-order chi connectivity index (χ1) is 16.8. The van der Waals surface area contributed by atoms with E-state index >= 15 is 0 Å². The van der Waals surface area contributed by atoms with Crippen molar-refractivity contribution in [3.63, 3.8) is 0 Å². The minimum atomic E-state index is -4.90. The van der Waals surface area contributed by atoms with E-state index in [1.54, 1.807) is 0 Å². The van der Waals surface area contributed by atoms with E-state index in [0.717, 1.165) is 5.56 Å². The van der Waals surface area contributed by atoms with E-state index in [0.29, 0.717) is 51.2 Å². The van der Waals surface area contributed by atoms with Gasteiger partial charge in [0.2, 0.25) is 0 Å². The Morgan fingerprint density at radius 2 is 1.50 bits per heavy atom. The Bertz CT molecular complexity index is 981. The molecule has 1 saturated heterocycles. The Labute approximate surface area is 206 Å². The fourth-order valence-electron chi connectivity index (χ4n) is 4.57. The number of alkyl halides is 6. The number of rotatable bonds is 9. The van der Waals surface area contributed by atoms with Crippen LogP contribution in [0.1, 0.15) is 35.1 Å². The Kier molecular flexibility index (Phi) is 8.84. The van der Waals surface area contributed by atoms with Gasteiger partial charge in [-0.2, -0.15) is 26.3 Å². The second-order valence-corrected chi connectivity index (χ2v) is 9.61. The highest BCUT2D eigenvalue weighted by Gasteiger charge is 2.38. The maximum absolute atomic E-state index is 13.2. The molecule has 0 N–H and O–H groups in total. The van der Waals surface area contributed by atoms with Crippen LogP contribution < -0.4 is 0 Å². The van der Waals surface area contributed by atoms with Crippen molar-refractivity contribution in [2.45, 2.75) is 37.2 Å². The fourth-order valence-corrected chi connectivity index (χ4v) is 4.57. The van der Waals surface area contributed by atoms with Crippen LogP contribution in [0.5, 0.6) is 0 Å². The largest absolute Gasteiger partial charge is 0.416 e. The third-order valence-electron chi connectivity index (χ3n) is 6.39. The highest BCUT2D eigenvalue weighted by molar-refractivity contribution is 5.82. The van der Waals surface area contributed by atoms with Gasteiger partial charge in [-0.1, -0.05) is 30.3 Å². The van der Waals surface area contributed by atoms with Crippen molar-refractivity contribution in [3.05, 3.63) is 70.8 Å². The van der Waals surface area contributed by atoms with Gasteiger partial charge < -0.3 is 9.64 Å². The number of likely N-dealkylation sites (tertiary alicyclic amines) is 1. The average Bonchev–Trinajstić information content (AvgIpc) is 2.79. The van der Waals surface area contributed by atoms with Gasteiger partial charge in [-0.05, 0) is 69.4 Å². The van der Waals surface area contributed by atoms with Crippen LogP contribution in [0, 0.1) is 0 Å². The van der Waals surface area contributed by atoms with E-state index < -0.39 is 28.9 Å². The Morgan fingerprint density at radius 1 is 0.944 bits per heavy atom. The lowest BCUT2D eigenvalue weighted by Crippen LogP contribution is -2.47. The minimum Gasteiger partial charge on any atom is -0.376 e.